The van der Waals surface area contributed by atoms with Crippen LogP contribution in [0.4, 0.5) is 5.82 Å². The van der Waals surface area contributed by atoms with Gasteiger partial charge in [0, 0.05) is 42.9 Å². The van der Waals surface area contributed by atoms with Crippen molar-refractivity contribution in [1.82, 2.24) is 9.88 Å². The molecule has 3 rings (SSSR count). The molecule has 0 spiro atoms. The van der Waals surface area contributed by atoms with Crippen LogP contribution >= 0.6 is 0 Å². The summed E-state index contributed by atoms with van der Waals surface area (Å²) in [4.78, 5) is 17.9. The number of amides is 1. The van der Waals surface area contributed by atoms with Crippen LogP contribution in [0.1, 0.15) is 24.8 Å². The fourth-order valence-electron chi connectivity index (χ4n) is 3.08. The third kappa shape index (κ3) is 3.93. The highest BCUT2D eigenvalue weighted by atomic mass is 16.5. The molecule has 26 heavy (non-hydrogen) atoms. The summed E-state index contributed by atoms with van der Waals surface area (Å²) in [5.41, 5.74) is 13.8. The third-order valence-corrected chi connectivity index (χ3v) is 4.39. The first-order chi connectivity index (χ1) is 12.6. The molecular weight excluding hydrogens is 330 g/mol. The summed E-state index contributed by atoms with van der Waals surface area (Å²) in [5.74, 6) is 1.27. The topological polar surface area (TPSA) is 118 Å². The van der Waals surface area contributed by atoms with Crippen LogP contribution in [-0.2, 0) is 4.79 Å². The van der Waals surface area contributed by atoms with Crippen LogP contribution in [0.5, 0.6) is 5.75 Å². The molecule has 1 fully saturated rings. The first-order valence-corrected chi connectivity index (χ1v) is 8.66. The van der Waals surface area contributed by atoms with Crippen LogP contribution in [0.3, 0.4) is 0 Å². The zero-order valence-electron chi connectivity index (χ0n) is 14.6. The summed E-state index contributed by atoms with van der Waals surface area (Å²) in [6, 6.07) is 7.29. The first kappa shape index (κ1) is 17.7. The zero-order chi connectivity index (χ0) is 18.5. The Bertz CT molecular complexity index is 862. The van der Waals surface area contributed by atoms with E-state index in [-0.39, 0.29) is 5.91 Å². The van der Waals surface area contributed by atoms with E-state index in [1.54, 1.807) is 6.07 Å². The van der Waals surface area contributed by atoms with E-state index in [1.165, 1.54) is 6.08 Å². The Kier molecular flexibility index (Phi) is 5.36. The monoisotopic (exact) mass is 353 g/mol. The summed E-state index contributed by atoms with van der Waals surface area (Å²) in [6.45, 7) is 2.06. The molecule has 1 amide bonds. The van der Waals surface area contributed by atoms with Gasteiger partial charge in [-0.3, -0.25) is 4.79 Å². The fourth-order valence-corrected chi connectivity index (χ4v) is 3.08. The lowest BCUT2D eigenvalue weighted by Crippen LogP contribution is -2.26. The number of allylic oxidation sites excluding steroid dienone is 1. The number of aromatic nitrogens is 1. The maximum atomic E-state index is 11.6. The van der Waals surface area contributed by atoms with Crippen molar-refractivity contribution < 1.29 is 9.53 Å². The van der Waals surface area contributed by atoms with Crippen molar-refractivity contribution in [3.63, 3.8) is 0 Å². The summed E-state index contributed by atoms with van der Waals surface area (Å²) in [5, 5.41) is 7.97. The number of hydrogen-bond acceptors (Lipinski definition) is 6. The molecule has 1 saturated heterocycles. The van der Waals surface area contributed by atoms with E-state index in [0.29, 0.717) is 42.4 Å². The van der Waals surface area contributed by atoms with Gasteiger partial charge in [0.15, 0.2) is 0 Å². The van der Waals surface area contributed by atoms with Gasteiger partial charge in [-0.2, -0.15) is 0 Å². The lowest BCUT2D eigenvalue weighted by atomic mass is 10.1. The van der Waals surface area contributed by atoms with Crippen LogP contribution in [0.25, 0.3) is 16.6 Å². The number of nitrogens with zero attached hydrogens (tertiary/aromatic N) is 2. The molecule has 0 bridgehead atoms. The maximum Gasteiger partial charge on any atom is 0.222 e. The van der Waals surface area contributed by atoms with Crippen molar-refractivity contribution >= 4 is 34.5 Å². The Balaban J connectivity index is 1.72. The second kappa shape index (κ2) is 7.86. The molecule has 2 aromatic rings. The van der Waals surface area contributed by atoms with Gasteiger partial charge in [0.25, 0.3) is 0 Å². The van der Waals surface area contributed by atoms with E-state index >= 15 is 0 Å². The second-order valence-corrected chi connectivity index (χ2v) is 6.25. The second-order valence-electron chi connectivity index (χ2n) is 6.25. The number of anilines is 1. The Hall–Kier alpha value is -3.09. The normalized spacial score (nSPS) is 14.8. The predicted octanol–water partition coefficient (Wildman–Crippen LogP) is 2.16. The minimum Gasteiger partial charge on any atom is -0.493 e. The molecule has 1 aliphatic rings. The third-order valence-electron chi connectivity index (χ3n) is 4.39. The van der Waals surface area contributed by atoms with Gasteiger partial charge in [0.1, 0.15) is 11.6 Å². The molecular formula is C19H23N5O2. The molecule has 0 aliphatic carbocycles. The number of benzene rings is 1. The first-order valence-electron chi connectivity index (χ1n) is 8.66. The maximum absolute atomic E-state index is 11.6. The van der Waals surface area contributed by atoms with E-state index in [0.717, 1.165) is 36.6 Å². The van der Waals surface area contributed by atoms with Gasteiger partial charge < -0.3 is 26.5 Å². The van der Waals surface area contributed by atoms with Crippen molar-refractivity contribution in [2.45, 2.75) is 19.3 Å². The smallest absolute Gasteiger partial charge is 0.222 e. The van der Waals surface area contributed by atoms with Gasteiger partial charge in [0.2, 0.25) is 5.91 Å². The number of rotatable bonds is 7. The quantitative estimate of drug-likeness (QED) is 0.521. The Morgan fingerprint density at radius 1 is 1.38 bits per heavy atom. The summed E-state index contributed by atoms with van der Waals surface area (Å²) in [7, 11) is 0. The van der Waals surface area contributed by atoms with Gasteiger partial charge in [-0.1, -0.05) is 6.07 Å². The lowest BCUT2D eigenvalue weighted by molar-refractivity contribution is -0.127. The fraction of sp³-hybridized carbons (Fsp3) is 0.316. The van der Waals surface area contributed by atoms with Crippen LogP contribution in [0.2, 0.25) is 0 Å². The average Bonchev–Trinajstić information content (AvgIpc) is 3.03. The number of carbonyl (C=O) groups is 1. The van der Waals surface area contributed by atoms with Crippen molar-refractivity contribution in [3.05, 3.63) is 35.9 Å². The number of fused-ring (bicyclic) bond motifs is 1. The van der Waals surface area contributed by atoms with Gasteiger partial charge in [-0.05, 0) is 36.6 Å². The van der Waals surface area contributed by atoms with E-state index in [4.69, 9.17) is 21.6 Å². The number of nitrogen functional groups attached to an aromatic ring is 1. The van der Waals surface area contributed by atoms with E-state index in [2.05, 4.69) is 4.98 Å². The molecule has 1 aromatic carbocycles. The average molecular weight is 353 g/mol. The number of pyridine rings is 1. The molecule has 0 saturated carbocycles. The van der Waals surface area contributed by atoms with Crippen LogP contribution in [-0.4, -0.2) is 41.7 Å². The van der Waals surface area contributed by atoms with Gasteiger partial charge in [-0.15, -0.1) is 0 Å². The molecule has 7 heteroatoms. The highest BCUT2D eigenvalue weighted by Gasteiger charge is 2.19. The summed E-state index contributed by atoms with van der Waals surface area (Å²) >= 11 is 0. The Morgan fingerprint density at radius 2 is 2.23 bits per heavy atom. The Morgan fingerprint density at radius 3 is 2.96 bits per heavy atom. The SMILES string of the molecule is N=C/C=C(\N)c1ccc2c(OCCCN3CCCC3=O)cc(N)nc2c1. The molecule has 1 aliphatic heterocycles. The minimum atomic E-state index is 0.228. The number of likely N-dealkylation sites (tertiary alicyclic amines) is 1. The van der Waals surface area contributed by atoms with Crippen LogP contribution < -0.4 is 16.2 Å². The molecule has 2 heterocycles. The van der Waals surface area contributed by atoms with Gasteiger partial charge in [-0.25, -0.2) is 4.98 Å². The lowest BCUT2D eigenvalue weighted by Gasteiger charge is -2.16. The van der Waals surface area contributed by atoms with Crippen molar-refractivity contribution in [2.75, 3.05) is 25.4 Å². The number of carbonyl (C=O) groups excluding carboxylic acids is 1. The highest BCUT2D eigenvalue weighted by molar-refractivity contribution is 5.91. The Labute approximate surface area is 152 Å². The van der Waals surface area contributed by atoms with Crippen molar-refractivity contribution in [1.29, 1.82) is 5.41 Å². The van der Waals surface area contributed by atoms with E-state index in [1.807, 2.05) is 23.1 Å². The molecule has 7 nitrogen and oxygen atoms in total. The molecule has 1 aromatic heterocycles. The molecule has 5 N–H and O–H groups in total. The highest BCUT2D eigenvalue weighted by Crippen LogP contribution is 2.28. The van der Waals surface area contributed by atoms with Crippen LogP contribution in [0, 0.1) is 5.41 Å². The number of hydrogen-bond donors (Lipinski definition) is 3. The predicted molar refractivity (Wildman–Crippen MR) is 103 cm³/mol. The largest absolute Gasteiger partial charge is 0.493 e. The summed E-state index contributed by atoms with van der Waals surface area (Å²) in [6.07, 6.45) is 5.03. The zero-order valence-corrected chi connectivity index (χ0v) is 14.6. The van der Waals surface area contributed by atoms with Crippen molar-refractivity contribution in [3.8, 4) is 5.75 Å². The standard InChI is InChI=1S/C19H23N5O2/c20-7-6-15(21)13-4-5-14-16(11-13)23-18(22)12-17(14)26-10-2-9-24-8-1-3-19(24)25/h4-7,11-12,20H,1-3,8-10,21H2,(H2,22,23)/b15-6-,20-7?. The van der Waals surface area contributed by atoms with E-state index in [9.17, 15) is 4.79 Å². The van der Waals surface area contributed by atoms with E-state index < -0.39 is 0 Å². The van der Waals surface area contributed by atoms with Crippen molar-refractivity contribution in [2.24, 2.45) is 5.73 Å². The van der Waals surface area contributed by atoms with Crippen LogP contribution in [0.15, 0.2) is 30.3 Å². The summed E-state index contributed by atoms with van der Waals surface area (Å²) < 4.78 is 5.90. The molecule has 0 radical (unpaired) electrons. The molecule has 0 atom stereocenters. The number of ether oxygens (including phenoxy) is 1. The van der Waals surface area contributed by atoms with Gasteiger partial charge >= 0.3 is 0 Å². The van der Waals surface area contributed by atoms with Gasteiger partial charge in [0.05, 0.1) is 12.1 Å². The number of nitrogens with one attached hydrogen (secondary N) is 1. The number of nitrogens with two attached hydrogens (primary N) is 2. The molecule has 0 unspecified atom stereocenters. The minimum absolute atomic E-state index is 0.228. The molecule has 136 valence electrons.